The number of carbonyl (C=O) groups excluding carboxylic acids is 1. The molecule has 1 amide bonds. The standard InChI is InChI=1S/C16H23BrN2O2/c1-12(2)11-18-6-8-19(9-7-18)16(20)13-4-5-15(21-3)14(17)10-13/h4-5,10,12H,6-9,11H2,1-3H3. The summed E-state index contributed by atoms with van der Waals surface area (Å²) in [6.07, 6.45) is 0. The van der Waals surface area contributed by atoms with Crippen molar-refractivity contribution < 1.29 is 9.53 Å². The van der Waals surface area contributed by atoms with Crippen molar-refractivity contribution >= 4 is 21.8 Å². The van der Waals surface area contributed by atoms with Crippen LogP contribution in [-0.4, -0.2) is 55.5 Å². The van der Waals surface area contributed by atoms with E-state index in [-0.39, 0.29) is 5.91 Å². The van der Waals surface area contributed by atoms with Gasteiger partial charge in [0, 0.05) is 38.3 Å². The fraction of sp³-hybridized carbons (Fsp3) is 0.562. The Hall–Kier alpha value is -1.07. The Morgan fingerprint density at radius 3 is 2.48 bits per heavy atom. The summed E-state index contributed by atoms with van der Waals surface area (Å²) >= 11 is 3.43. The Kier molecular flexibility index (Phi) is 5.65. The molecule has 0 spiro atoms. The Labute approximate surface area is 135 Å². The van der Waals surface area contributed by atoms with Crippen LogP contribution in [0.2, 0.25) is 0 Å². The number of nitrogens with zero attached hydrogens (tertiary/aromatic N) is 2. The molecule has 1 aromatic carbocycles. The van der Waals surface area contributed by atoms with E-state index in [9.17, 15) is 4.79 Å². The molecule has 1 fully saturated rings. The van der Waals surface area contributed by atoms with Gasteiger partial charge in [-0.25, -0.2) is 0 Å². The molecule has 1 aromatic rings. The average Bonchev–Trinajstić information content (AvgIpc) is 2.46. The minimum Gasteiger partial charge on any atom is -0.496 e. The number of carbonyl (C=O) groups is 1. The fourth-order valence-corrected chi connectivity index (χ4v) is 3.17. The summed E-state index contributed by atoms with van der Waals surface area (Å²) in [5, 5.41) is 0. The molecule has 0 atom stereocenters. The molecule has 0 bridgehead atoms. The van der Waals surface area contributed by atoms with E-state index in [1.807, 2.05) is 23.1 Å². The highest BCUT2D eigenvalue weighted by atomic mass is 79.9. The highest BCUT2D eigenvalue weighted by molar-refractivity contribution is 9.10. The maximum Gasteiger partial charge on any atom is 0.253 e. The molecular formula is C16H23BrN2O2. The second-order valence-electron chi connectivity index (χ2n) is 5.84. The Morgan fingerprint density at radius 2 is 1.95 bits per heavy atom. The number of methoxy groups -OCH3 is 1. The highest BCUT2D eigenvalue weighted by Gasteiger charge is 2.22. The van der Waals surface area contributed by atoms with Crippen LogP contribution in [0.4, 0.5) is 0 Å². The van der Waals surface area contributed by atoms with E-state index in [2.05, 4.69) is 34.7 Å². The maximum absolute atomic E-state index is 12.5. The highest BCUT2D eigenvalue weighted by Crippen LogP contribution is 2.26. The molecule has 0 aliphatic carbocycles. The first-order valence-electron chi connectivity index (χ1n) is 7.36. The van der Waals surface area contributed by atoms with Crippen molar-refractivity contribution in [1.29, 1.82) is 0 Å². The largest absolute Gasteiger partial charge is 0.496 e. The molecule has 1 saturated heterocycles. The molecule has 1 heterocycles. The van der Waals surface area contributed by atoms with E-state index in [1.54, 1.807) is 7.11 Å². The van der Waals surface area contributed by atoms with Crippen molar-refractivity contribution in [3.05, 3.63) is 28.2 Å². The molecule has 0 saturated carbocycles. The number of hydrogen-bond donors (Lipinski definition) is 0. The molecule has 0 N–H and O–H groups in total. The van der Waals surface area contributed by atoms with E-state index >= 15 is 0 Å². The molecule has 21 heavy (non-hydrogen) atoms. The zero-order chi connectivity index (χ0) is 15.4. The van der Waals surface area contributed by atoms with Crippen molar-refractivity contribution in [2.45, 2.75) is 13.8 Å². The van der Waals surface area contributed by atoms with Crippen LogP contribution in [0.1, 0.15) is 24.2 Å². The predicted molar refractivity (Wildman–Crippen MR) is 87.9 cm³/mol. The lowest BCUT2D eigenvalue weighted by Crippen LogP contribution is -2.49. The lowest BCUT2D eigenvalue weighted by molar-refractivity contribution is 0.0623. The van der Waals surface area contributed by atoms with E-state index in [0.29, 0.717) is 11.5 Å². The SMILES string of the molecule is COc1ccc(C(=O)N2CCN(CC(C)C)CC2)cc1Br. The molecule has 4 nitrogen and oxygen atoms in total. The molecule has 1 aliphatic rings. The van der Waals surface area contributed by atoms with Crippen LogP contribution < -0.4 is 4.74 Å². The fourth-order valence-electron chi connectivity index (χ4n) is 2.63. The summed E-state index contributed by atoms with van der Waals surface area (Å²) in [6.45, 7) is 9.09. The van der Waals surface area contributed by atoms with Gasteiger partial charge in [0.2, 0.25) is 0 Å². The molecule has 116 valence electrons. The number of amides is 1. The van der Waals surface area contributed by atoms with Gasteiger partial charge in [-0.3, -0.25) is 9.69 Å². The average molecular weight is 355 g/mol. The van der Waals surface area contributed by atoms with E-state index in [1.165, 1.54) is 0 Å². The zero-order valence-corrected chi connectivity index (χ0v) is 14.5. The van der Waals surface area contributed by atoms with Crippen molar-refractivity contribution in [3.63, 3.8) is 0 Å². The zero-order valence-electron chi connectivity index (χ0n) is 12.9. The number of hydrogen-bond acceptors (Lipinski definition) is 3. The van der Waals surface area contributed by atoms with Crippen LogP contribution in [0, 0.1) is 5.92 Å². The molecule has 2 rings (SSSR count). The third-order valence-electron chi connectivity index (χ3n) is 3.68. The summed E-state index contributed by atoms with van der Waals surface area (Å²) in [7, 11) is 1.62. The summed E-state index contributed by atoms with van der Waals surface area (Å²) in [4.78, 5) is 16.9. The monoisotopic (exact) mass is 354 g/mol. The van der Waals surface area contributed by atoms with Crippen LogP contribution in [0.25, 0.3) is 0 Å². The van der Waals surface area contributed by atoms with Gasteiger partial charge in [-0.2, -0.15) is 0 Å². The normalized spacial score (nSPS) is 16.3. The van der Waals surface area contributed by atoms with E-state index < -0.39 is 0 Å². The smallest absolute Gasteiger partial charge is 0.253 e. The molecule has 0 radical (unpaired) electrons. The second-order valence-corrected chi connectivity index (χ2v) is 6.69. The van der Waals surface area contributed by atoms with Gasteiger partial charge in [0.25, 0.3) is 5.91 Å². The third kappa shape index (κ3) is 4.20. The van der Waals surface area contributed by atoms with Gasteiger partial charge >= 0.3 is 0 Å². The van der Waals surface area contributed by atoms with Gasteiger partial charge in [0.05, 0.1) is 11.6 Å². The molecule has 5 heteroatoms. The molecule has 0 unspecified atom stereocenters. The van der Waals surface area contributed by atoms with E-state index in [4.69, 9.17) is 4.74 Å². The van der Waals surface area contributed by atoms with Crippen molar-refractivity contribution in [1.82, 2.24) is 9.80 Å². The van der Waals surface area contributed by atoms with Gasteiger partial charge in [0.15, 0.2) is 0 Å². The van der Waals surface area contributed by atoms with Gasteiger partial charge in [-0.05, 0) is 40.0 Å². The molecule has 1 aliphatic heterocycles. The van der Waals surface area contributed by atoms with Gasteiger partial charge in [0.1, 0.15) is 5.75 Å². The first-order chi connectivity index (χ1) is 10.0. The summed E-state index contributed by atoms with van der Waals surface area (Å²) in [6, 6.07) is 5.49. The van der Waals surface area contributed by atoms with Crippen LogP contribution in [0.3, 0.4) is 0 Å². The number of ether oxygens (including phenoxy) is 1. The van der Waals surface area contributed by atoms with Gasteiger partial charge < -0.3 is 9.64 Å². The van der Waals surface area contributed by atoms with Gasteiger partial charge in [-0.15, -0.1) is 0 Å². The quantitative estimate of drug-likeness (QED) is 0.833. The van der Waals surface area contributed by atoms with Crippen molar-refractivity contribution in [2.24, 2.45) is 5.92 Å². The van der Waals surface area contributed by atoms with Crippen molar-refractivity contribution in [3.8, 4) is 5.75 Å². The first-order valence-corrected chi connectivity index (χ1v) is 8.15. The van der Waals surface area contributed by atoms with Gasteiger partial charge in [-0.1, -0.05) is 13.8 Å². The van der Waals surface area contributed by atoms with Crippen molar-refractivity contribution in [2.75, 3.05) is 39.8 Å². The van der Waals surface area contributed by atoms with Crippen LogP contribution in [0.5, 0.6) is 5.75 Å². The molecular weight excluding hydrogens is 332 g/mol. The Bertz CT molecular complexity index is 497. The second kappa shape index (κ2) is 7.27. The van der Waals surface area contributed by atoms with Crippen LogP contribution in [-0.2, 0) is 0 Å². The summed E-state index contributed by atoms with van der Waals surface area (Å²) in [5.41, 5.74) is 0.708. The molecule has 0 aromatic heterocycles. The van der Waals surface area contributed by atoms with Crippen LogP contribution >= 0.6 is 15.9 Å². The minimum absolute atomic E-state index is 0.0996. The number of halogens is 1. The summed E-state index contributed by atoms with van der Waals surface area (Å²) < 4.78 is 6.01. The maximum atomic E-state index is 12.5. The predicted octanol–water partition coefficient (Wildman–Crippen LogP) is 2.87. The Morgan fingerprint density at radius 1 is 1.29 bits per heavy atom. The van der Waals surface area contributed by atoms with E-state index in [0.717, 1.165) is 42.9 Å². The lowest BCUT2D eigenvalue weighted by atomic mass is 10.1. The number of piperazine rings is 1. The number of rotatable bonds is 4. The Balaban J connectivity index is 1.97. The summed E-state index contributed by atoms with van der Waals surface area (Å²) in [5.74, 6) is 1.51. The van der Waals surface area contributed by atoms with Crippen LogP contribution in [0.15, 0.2) is 22.7 Å². The first kappa shape index (κ1) is 16.3. The topological polar surface area (TPSA) is 32.8 Å². The lowest BCUT2D eigenvalue weighted by Gasteiger charge is -2.35. The third-order valence-corrected chi connectivity index (χ3v) is 4.30. The minimum atomic E-state index is 0.0996. The number of benzene rings is 1.